The highest BCUT2D eigenvalue weighted by atomic mass is 79.9. The lowest BCUT2D eigenvalue weighted by Gasteiger charge is -2.18. The molecule has 0 spiro atoms. The summed E-state index contributed by atoms with van der Waals surface area (Å²) in [6.07, 6.45) is 0. The van der Waals surface area contributed by atoms with Crippen LogP contribution < -0.4 is 5.73 Å². The van der Waals surface area contributed by atoms with Gasteiger partial charge in [0, 0.05) is 7.11 Å². The van der Waals surface area contributed by atoms with Crippen LogP contribution in [0, 0.1) is 0 Å². The van der Waals surface area contributed by atoms with E-state index in [1.165, 1.54) is 0 Å². The van der Waals surface area contributed by atoms with Gasteiger partial charge in [0.2, 0.25) is 0 Å². The molecule has 0 saturated heterocycles. The maximum Gasteiger partial charge on any atom is 0.293 e. The molecule has 0 aromatic carbocycles. The minimum absolute atomic E-state index is 0.290. The fourth-order valence-corrected chi connectivity index (χ4v) is 1.66. The monoisotopic (exact) mass is 301 g/mol. The quantitative estimate of drug-likeness (QED) is 0.928. The van der Waals surface area contributed by atoms with Crippen molar-refractivity contribution in [2.45, 2.75) is 12.5 Å². The van der Waals surface area contributed by atoms with Gasteiger partial charge in [0.15, 0.2) is 16.3 Å². The normalized spacial score (nSPS) is 14.8. The molecule has 2 aromatic heterocycles. The largest absolute Gasteiger partial charge is 0.444 e. The maximum absolute atomic E-state index is 6.00. The van der Waals surface area contributed by atoms with Crippen LogP contribution >= 0.6 is 15.9 Å². The van der Waals surface area contributed by atoms with Crippen LogP contribution in [0.5, 0.6) is 0 Å². The molecule has 7 heteroatoms. The summed E-state index contributed by atoms with van der Waals surface area (Å²) in [4.78, 5) is 4.19. The maximum atomic E-state index is 6.00. The molecular formula is C10H12BrN3O3. The van der Waals surface area contributed by atoms with Gasteiger partial charge in [-0.3, -0.25) is 0 Å². The molecule has 1 atom stereocenters. The summed E-state index contributed by atoms with van der Waals surface area (Å²) < 4.78 is 16.0. The van der Waals surface area contributed by atoms with E-state index < -0.39 is 5.54 Å². The van der Waals surface area contributed by atoms with Crippen molar-refractivity contribution in [3.63, 3.8) is 0 Å². The molecule has 2 heterocycles. The van der Waals surface area contributed by atoms with Crippen molar-refractivity contribution < 1.29 is 13.7 Å². The number of hydrogen-bond acceptors (Lipinski definition) is 6. The first-order valence-corrected chi connectivity index (χ1v) is 5.70. The predicted molar refractivity (Wildman–Crippen MR) is 63.1 cm³/mol. The molecule has 0 amide bonds. The Morgan fingerprint density at radius 3 is 2.88 bits per heavy atom. The van der Waals surface area contributed by atoms with E-state index in [2.05, 4.69) is 26.1 Å². The van der Waals surface area contributed by atoms with Gasteiger partial charge in [-0.1, -0.05) is 5.16 Å². The second-order valence-corrected chi connectivity index (χ2v) is 4.66. The molecule has 0 aliphatic carbocycles. The van der Waals surface area contributed by atoms with E-state index in [-0.39, 0.29) is 0 Å². The highest BCUT2D eigenvalue weighted by Gasteiger charge is 2.28. The smallest absolute Gasteiger partial charge is 0.293 e. The molecule has 0 fully saturated rings. The van der Waals surface area contributed by atoms with Gasteiger partial charge in [-0.15, -0.1) is 0 Å². The number of rotatable bonds is 4. The topological polar surface area (TPSA) is 87.3 Å². The van der Waals surface area contributed by atoms with Crippen LogP contribution in [-0.2, 0) is 10.3 Å². The van der Waals surface area contributed by atoms with Crippen LogP contribution in [0.1, 0.15) is 12.7 Å². The van der Waals surface area contributed by atoms with Crippen molar-refractivity contribution in [1.29, 1.82) is 0 Å². The van der Waals surface area contributed by atoms with Crippen LogP contribution in [0.15, 0.2) is 25.7 Å². The Bertz CT molecular complexity index is 506. The first-order valence-electron chi connectivity index (χ1n) is 4.90. The summed E-state index contributed by atoms with van der Waals surface area (Å²) in [6, 6.07) is 3.47. The number of methoxy groups -OCH3 is 1. The van der Waals surface area contributed by atoms with Gasteiger partial charge in [0.05, 0.1) is 6.61 Å². The van der Waals surface area contributed by atoms with Crippen LogP contribution in [0.2, 0.25) is 0 Å². The third-order valence-corrected chi connectivity index (χ3v) is 2.59. The molecule has 1 unspecified atom stereocenters. The third kappa shape index (κ3) is 2.56. The molecule has 92 valence electrons. The Morgan fingerprint density at radius 1 is 1.53 bits per heavy atom. The molecule has 2 rings (SSSR count). The predicted octanol–water partition coefficient (Wildman–Crippen LogP) is 1.91. The molecular weight excluding hydrogens is 290 g/mol. The van der Waals surface area contributed by atoms with E-state index in [0.29, 0.717) is 28.8 Å². The molecule has 0 aliphatic rings. The average Bonchev–Trinajstić information content (AvgIpc) is 2.85. The first-order chi connectivity index (χ1) is 8.03. The Labute approximate surface area is 106 Å². The molecule has 0 radical (unpaired) electrons. The minimum Gasteiger partial charge on any atom is -0.444 e. The van der Waals surface area contributed by atoms with E-state index in [1.807, 2.05) is 0 Å². The van der Waals surface area contributed by atoms with Crippen LogP contribution in [0.25, 0.3) is 11.7 Å². The van der Waals surface area contributed by atoms with E-state index in [1.54, 1.807) is 26.2 Å². The third-order valence-electron chi connectivity index (χ3n) is 2.17. The van der Waals surface area contributed by atoms with Gasteiger partial charge in [0.25, 0.3) is 5.89 Å². The number of hydrogen-bond donors (Lipinski definition) is 1. The number of nitrogens with two attached hydrogens (primary N) is 1. The number of nitrogens with zero attached hydrogens (tertiary/aromatic N) is 2. The van der Waals surface area contributed by atoms with Gasteiger partial charge in [0.1, 0.15) is 5.54 Å². The number of halogens is 1. The Hall–Kier alpha value is -1.18. The highest BCUT2D eigenvalue weighted by molar-refractivity contribution is 9.10. The van der Waals surface area contributed by atoms with Gasteiger partial charge in [-0.05, 0) is 35.0 Å². The van der Waals surface area contributed by atoms with Crippen molar-refractivity contribution in [2.75, 3.05) is 13.7 Å². The van der Waals surface area contributed by atoms with Crippen LogP contribution in [0.3, 0.4) is 0 Å². The van der Waals surface area contributed by atoms with Crippen molar-refractivity contribution in [1.82, 2.24) is 10.1 Å². The summed E-state index contributed by atoms with van der Waals surface area (Å²) in [5.74, 6) is 1.16. The first kappa shape index (κ1) is 12.3. The minimum atomic E-state index is -0.791. The summed E-state index contributed by atoms with van der Waals surface area (Å²) in [6.45, 7) is 2.07. The molecule has 0 aliphatic heterocycles. The van der Waals surface area contributed by atoms with Gasteiger partial charge in [-0.2, -0.15) is 4.98 Å². The lowest BCUT2D eigenvalue weighted by atomic mass is 10.1. The summed E-state index contributed by atoms with van der Waals surface area (Å²) >= 11 is 3.20. The second-order valence-electron chi connectivity index (χ2n) is 3.88. The molecule has 0 saturated carbocycles. The van der Waals surface area contributed by atoms with Crippen molar-refractivity contribution >= 4 is 15.9 Å². The SMILES string of the molecule is COCC(C)(N)c1noc(-c2ccc(Br)o2)n1. The standard InChI is InChI=1S/C10H12BrN3O3/c1-10(12,5-15-2)9-13-8(17-14-9)6-3-4-7(11)16-6/h3-4H,5,12H2,1-2H3. The van der Waals surface area contributed by atoms with Crippen molar-refractivity contribution in [2.24, 2.45) is 5.73 Å². The average molecular weight is 302 g/mol. The summed E-state index contributed by atoms with van der Waals surface area (Å²) in [5, 5.41) is 3.83. The van der Waals surface area contributed by atoms with Crippen LogP contribution in [0.4, 0.5) is 0 Å². The van der Waals surface area contributed by atoms with Crippen molar-refractivity contribution in [3.05, 3.63) is 22.6 Å². The second kappa shape index (κ2) is 4.59. The zero-order chi connectivity index (χ0) is 12.5. The summed E-state index contributed by atoms with van der Waals surface area (Å²) in [5.41, 5.74) is 5.20. The highest BCUT2D eigenvalue weighted by Crippen LogP contribution is 2.25. The van der Waals surface area contributed by atoms with E-state index in [4.69, 9.17) is 19.4 Å². The molecule has 2 N–H and O–H groups in total. The Kier molecular flexibility index (Phi) is 3.32. The summed E-state index contributed by atoms with van der Waals surface area (Å²) in [7, 11) is 1.57. The van der Waals surface area contributed by atoms with E-state index in [9.17, 15) is 0 Å². The van der Waals surface area contributed by atoms with Crippen molar-refractivity contribution in [3.8, 4) is 11.7 Å². The van der Waals surface area contributed by atoms with E-state index in [0.717, 1.165) is 0 Å². The Balaban J connectivity index is 2.27. The number of aromatic nitrogens is 2. The van der Waals surface area contributed by atoms with E-state index >= 15 is 0 Å². The number of ether oxygens (including phenoxy) is 1. The lowest BCUT2D eigenvalue weighted by Crippen LogP contribution is -2.38. The van der Waals surface area contributed by atoms with Crippen LogP contribution in [-0.4, -0.2) is 23.9 Å². The lowest BCUT2D eigenvalue weighted by molar-refractivity contribution is 0.135. The van der Waals surface area contributed by atoms with Gasteiger partial charge < -0.3 is 19.4 Å². The van der Waals surface area contributed by atoms with Gasteiger partial charge in [-0.25, -0.2) is 0 Å². The molecule has 0 bridgehead atoms. The number of furan rings is 1. The van der Waals surface area contributed by atoms with Gasteiger partial charge >= 0.3 is 0 Å². The zero-order valence-electron chi connectivity index (χ0n) is 9.44. The molecule has 2 aromatic rings. The fraction of sp³-hybridized carbons (Fsp3) is 0.400. The zero-order valence-corrected chi connectivity index (χ0v) is 11.0. The molecule has 17 heavy (non-hydrogen) atoms. The fourth-order valence-electron chi connectivity index (χ4n) is 1.35. The Morgan fingerprint density at radius 2 is 2.29 bits per heavy atom. The molecule has 6 nitrogen and oxygen atoms in total.